The second-order valence-electron chi connectivity index (χ2n) is 4.93. The number of para-hydroxylation sites is 1. The van der Waals surface area contributed by atoms with Crippen molar-refractivity contribution in [2.24, 2.45) is 0 Å². The lowest BCUT2D eigenvalue weighted by atomic mass is 10.1. The topological polar surface area (TPSA) is 55.4 Å². The third-order valence-corrected chi connectivity index (χ3v) is 3.40. The number of hydrogen-bond donors (Lipinski definition) is 1. The van der Waals surface area contributed by atoms with Gasteiger partial charge in [-0.15, -0.1) is 0 Å². The Hall–Kier alpha value is -2.33. The molecule has 1 amide bonds. The van der Waals surface area contributed by atoms with Crippen LogP contribution in [-0.4, -0.2) is 18.8 Å². The van der Waals surface area contributed by atoms with Gasteiger partial charge in [0.2, 0.25) is 0 Å². The highest BCUT2D eigenvalue weighted by Gasteiger charge is 2.11. The molecule has 0 aliphatic carbocycles. The van der Waals surface area contributed by atoms with Crippen LogP contribution < -0.4 is 10.1 Å². The molecular weight excluding hydrogens is 302 g/mol. The van der Waals surface area contributed by atoms with E-state index in [1.807, 2.05) is 19.9 Å². The summed E-state index contributed by atoms with van der Waals surface area (Å²) in [5.74, 6) is 0.0360. The first-order valence-electron chi connectivity index (χ1n) is 6.75. The largest absolute Gasteiger partial charge is 0.483 e. The van der Waals surface area contributed by atoms with Gasteiger partial charge in [-0.1, -0.05) is 29.8 Å². The Labute approximate surface area is 134 Å². The number of hydrogen-bond acceptors (Lipinski definition) is 3. The molecule has 2 rings (SSSR count). The number of carbonyl (C=O) groups is 2. The summed E-state index contributed by atoms with van der Waals surface area (Å²) in [6.45, 7) is 3.61. The molecule has 0 bridgehead atoms. The third kappa shape index (κ3) is 3.86. The van der Waals surface area contributed by atoms with Crippen molar-refractivity contribution in [2.45, 2.75) is 13.8 Å². The highest BCUT2D eigenvalue weighted by atomic mass is 35.5. The van der Waals surface area contributed by atoms with E-state index in [2.05, 4.69) is 5.32 Å². The van der Waals surface area contributed by atoms with Crippen molar-refractivity contribution in [2.75, 3.05) is 11.9 Å². The molecule has 0 spiro atoms. The highest BCUT2D eigenvalue weighted by Crippen LogP contribution is 2.27. The minimum atomic E-state index is -0.338. The summed E-state index contributed by atoms with van der Waals surface area (Å²) in [5.41, 5.74) is 2.88. The first-order valence-corrected chi connectivity index (χ1v) is 7.12. The third-order valence-electron chi connectivity index (χ3n) is 3.10. The van der Waals surface area contributed by atoms with Gasteiger partial charge >= 0.3 is 0 Å². The number of nitrogens with one attached hydrogen (secondary N) is 1. The molecule has 1 N–H and O–H groups in total. The monoisotopic (exact) mass is 317 g/mol. The van der Waals surface area contributed by atoms with E-state index in [4.69, 9.17) is 16.3 Å². The number of aldehydes is 1. The molecule has 0 aliphatic rings. The Morgan fingerprint density at radius 2 is 2.00 bits per heavy atom. The fourth-order valence-electron chi connectivity index (χ4n) is 2.10. The Morgan fingerprint density at radius 1 is 1.27 bits per heavy atom. The summed E-state index contributed by atoms with van der Waals surface area (Å²) in [7, 11) is 0. The SMILES string of the molecule is Cc1cc(C)c(NC(=O)COc2ccccc2C=O)c(Cl)c1. The predicted molar refractivity (Wildman–Crippen MR) is 86.9 cm³/mol. The summed E-state index contributed by atoms with van der Waals surface area (Å²) < 4.78 is 5.38. The normalized spacial score (nSPS) is 10.1. The van der Waals surface area contributed by atoms with Crippen LogP contribution in [0.1, 0.15) is 21.5 Å². The molecule has 0 heterocycles. The van der Waals surface area contributed by atoms with Gasteiger partial charge in [-0.25, -0.2) is 0 Å². The molecule has 0 unspecified atom stereocenters. The van der Waals surface area contributed by atoms with E-state index in [1.54, 1.807) is 30.3 Å². The van der Waals surface area contributed by atoms with Crippen LogP contribution in [0.15, 0.2) is 36.4 Å². The zero-order chi connectivity index (χ0) is 16.1. The molecule has 114 valence electrons. The first kappa shape index (κ1) is 16.0. The van der Waals surface area contributed by atoms with E-state index < -0.39 is 0 Å². The first-order chi connectivity index (χ1) is 10.5. The van der Waals surface area contributed by atoms with Crippen molar-refractivity contribution < 1.29 is 14.3 Å². The molecule has 0 aromatic heterocycles. The Kier molecular flexibility index (Phi) is 5.17. The van der Waals surface area contributed by atoms with Crippen molar-refractivity contribution in [3.8, 4) is 5.75 Å². The van der Waals surface area contributed by atoms with Gasteiger partial charge < -0.3 is 10.1 Å². The number of ether oxygens (including phenoxy) is 1. The number of anilines is 1. The van der Waals surface area contributed by atoms with Crippen LogP contribution in [0.4, 0.5) is 5.69 Å². The van der Waals surface area contributed by atoms with Crippen molar-refractivity contribution in [1.29, 1.82) is 0 Å². The second kappa shape index (κ2) is 7.09. The number of aryl methyl sites for hydroxylation is 2. The number of carbonyl (C=O) groups excluding carboxylic acids is 2. The summed E-state index contributed by atoms with van der Waals surface area (Å²) in [5, 5.41) is 3.21. The minimum absolute atomic E-state index is 0.200. The molecule has 0 atom stereocenters. The van der Waals surface area contributed by atoms with Gasteiger partial charge in [0.05, 0.1) is 16.3 Å². The van der Waals surface area contributed by atoms with E-state index in [0.717, 1.165) is 11.1 Å². The fraction of sp³-hybridized carbons (Fsp3) is 0.176. The van der Waals surface area contributed by atoms with E-state index in [-0.39, 0.29) is 12.5 Å². The van der Waals surface area contributed by atoms with Crippen LogP contribution in [0.25, 0.3) is 0 Å². The van der Waals surface area contributed by atoms with Gasteiger partial charge in [-0.3, -0.25) is 9.59 Å². The van der Waals surface area contributed by atoms with Crippen LogP contribution in [0.3, 0.4) is 0 Å². The van der Waals surface area contributed by atoms with Gasteiger partial charge in [0.25, 0.3) is 5.91 Å². The molecule has 0 saturated heterocycles. The van der Waals surface area contributed by atoms with E-state index in [9.17, 15) is 9.59 Å². The summed E-state index contributed by atoms with van der Waals surface area (Å²) in [6, 6.07) is 10.5. The highest BCUT2D eigenvalue weighted by molar-refractivity contribution is 6.34. The molecule has 0 aliphatic heterocycles. The predicted octanol–water partition coefficient (Wildman–Crippen LogP) is 3.79. The van der Waals surface area contributed by atoms with Crippen molar-refractivity contribution >= 4 is 29.5 Å². The van der Waals surface area contributed by atoms with Crippen LogP contribution in [0.5, 0.6) is 5.75 Å². The van der Waals surface area contributed by atoms with Gasteiger partial charge in [0.15, 0.2) is 12.9 Å². The maximum Gasteiger partial charge on any atom is 0.262 e. The van der Waals surface area contributed by atoms with Crippen LogP contribution in [0.2, 0.25) is 5.02 Å². The molecule has 0 fully saturated rings. The molecule has 22 heavy (non-hydrogen) atoms. The number of rotatable bonds is 5. The molecule has 0 radical (unpaired) electrons. The molecule has 2 aromatic carbocycles. The maximum atomic E-state index is 12.0. The Bertz CT molecular complexity index is 690. The van der Waals surface area contributed by atoms with Crippen LogP contribution >= 0.6 is 11.6 Å². The van der Waals surface area contributed by atoms with Crippen LogP contribution in [0, 0.1) is 13.8 Å². The smallest absolute Gasteiger partial charge is 0.262 e. The van der Waals surface area contributed by atoms with Gasteiger partial charge in [0, 0.05) is 0 Å². The second-order valence-corrected chi connectivity index (χ2v) is 5.34. The van der Waals surface area contributed by atoms with Crippen molar-refractivity contribution in [3.63, 3.8) is 0 Å². The van der Waals surface area contributed by atoms with E-state index >= 15 is 0 Å². The quantitative estimate of drug-likeness (QED) is 0.854. The van der Waals surface area contributed by atoms with Gasteiger partial charge in [0.1, 0.15) is 5.75 Å². The zero-order valence-corrected chi connectivity index (χ0v) is 13.1. The molecular formula is C17H16ClNO3. The maximum absolute atomic E-state index is 12.0. The lowest BCUT2D eigenvalue weighted by molar-refractivity contribution is -0.118. The molecule has 5 heteroatoms. The zero-order valence-electron chi connectivity index (χ0n) is 12.4. The number of benzene rings is 2. The summed E-state index contributed by atoms with van der Waals surface area (Å²) in [4.78, 5) is 22.9. The molecule has 0 saturated carbocycles. The number of amides is 1. The minimum Gasteiger partial charge on any atom is -0.483 e. The Balaban J connectivity index is 2.04. The van der Waals surface area contributed by atoms with E-state index in [0.29, 0.717) is 28.3 Å². The Morgan fingerprint density at radius 3 is 2.68 bits per heavy atom. The lowest BCUT2D eigenvalue weighted by Crippen LogP contribution is -2.21. The van der Waals surface area contributed by atoms with E-state index in [1.165, 1.54) is 0 Å². The van der Waals surface area contributed by atoms with Gasteiger partial charge in [-0.05, 0) is 43.2 Å². The standard InChI is InChI=1S/C17H16ClNO3/c1-11-7-12(2)17(14(18)8-11)19-16(21)10-22-15-6-4-3-5-13(15)9-20/h3-9H,10H2,1-2H3,(H,19,21). The van der Waals surface area contributed by atoms with Crippen LogP contribution in [-0.2, 0) is 4.79 Å². The fourth-order valence-corrected chi connectivity index (χ4v) is 2.47. The average molecular weight is 318 g/mol. The van der Waals surface area contributed by atoms with Crippen molar-refractivity contribution in [3.05, 3.63) is 58.1 Å². The molecule has 4 nitrogen and oxygen atoms in total. The number of halogens is 1. The molecule has 2 aromatic rings. The lowest BCUT2D eigenvalue weighted by Gasteiger charge is -2.12. The summed E-state index contributed by atoms with van der Waals surface area (Å²) >= 11 is 6.14. The average Bonchev–Trinajstić information content (AvgIpc) is 2.49. The van der Waals surface area contributed by atoms with Gasteiger partial charge in [-0.2, -0.15) is 0 Å². The van der Waals surface area contributed by atoms with Crippen molar-refractivity contribution in [1.82, 2.24) is 0 Å². The summed E-state index contributed by atoms with van der Waals surface area (Å²) in [6.07, 6.45) is 0.689.